The molecule has 4 aromatic rings. The summed E-state index contributed by atoms with van der Waals surface area (Å²) in [5, 5.41) is 3.18. The van der Waals surface area contributed by atoms with Crippen molar-refractivity contribution in [2.75, 3.05) is 13.3 Å². The van der Waals surface area contributed by atoms with Crippen molar-refractivity contribution in [1.82, 2.24) is 9.88 Å². The minimum absolute atomic E-state index is 0.0620. The van der Waals surface area contributed by atoms with E-state index in [1.165, 1.54) is 22.3 Å². The van der Waals surface area contributed by atoms with Crippen LogP contribution in [-0.2, 0) is 6.42 Å². The Kier molecular flexibility index (Phi) is 3.67. The number of thiophene rings is 1. The smallest absolute Gasteiger partial charge is 0.264 e. The molecular weight excluding hydrogens is 384 g/mol. The minimum atomic E-state index is -0.199. The van der Waals surface area contributed by atoms with E-state index in [-0.39, 0.29) is 18.7 Å². The van der Waals surface area contributed by atoms with E-state index in [1.54, 1.807) is 0 Å². The zero-order valence-corrected chi connectivity index (χ0v) is 16.4. The Morgan fingerprint density at radius 2 is 1.97 bits per heavy atom. The lowest BCUT2D eigenvalue weighted by Crippen LogP contribution is -2.40. The summed E-state index contributed by atoms with van der Waals surface area (Å²) in [6, 6.07) is 17.9. The lowest BCUT2D eigenvalue weighted by Gasteiger charge is -2.36. The third kappa shape index (κ3) is 2.56. The molecule has 0 fully saturated rings. The zero-order valence-electron chi connectivity index (χ0n) is 15.6. The van der Waals surface area contributed by atoms with Crippen LogP contribution in [0.2, 0.25) is 0 Å². The van der Waals surface area contributed by atoms with E-state index in [4.69, 9.17) is 9.47 Å². The number of benzene rings is 2. The Bertz CT molecular complexity index is 1230. The van der Waals surface area contributed by atoms with Gasteiger partial charge in [0.15, 0.2) is 11.5 Å². The average Bonchev–Trinajstić information content (AvgIpc) is 3.51. The molecule has 1 amide bonds. The van der Waals surface area contributed by atoms with Gasteiger partial charge in [0, 0.05) is 23.1 Å². The third-order valence-electron chi connectivity index (χ3n) is 5.74. The van der Waals surface area contributed by atoms with Gasteiger partial charge in [-0.25, -0.2) is 0 Å². The van der Waals surface area contributed by atoms with E-state index in [2.05, 4.69) is 23.2 Å². The van der Waals surface area contributed by atoms with Crippen molar-refractivity contribution in [2.45, 2.75) is 12.5 Å². The highest BCUT2D eigenvalue weighted by atomic mass is 32.1. The summed E-state index contributed by atoms with van der Waals surface area (Å²) in [4.78, 5) is 19.7. The highest BCUT2D eigenvalue weighted by Gasteiger charge is 2.36. The Labute approximate surface area is 171 Å². The molecule has 2 aliphatic rings. The van der Waals surface area contributed by atoms with Crippen molar-refractivity contribution < 1.29 is 14.3 Å². The standard InChI is InChI=1S/C23H18N2O3S/c26-23(20-6-3-11-29-20)25-10-9-16-15-4-1-2-5-17(15)24-21(16)22(25)14-7-8-18-19(12-14)28-13-27-18/h1-8,11-12,22,24H,9-10,13H2. The number of para-hydroxylation sites is 1. The number of aromatic nitrogens is 1. The minimum Gasteiger partial charge on any atom is -0.454 e. The first-order chi connectivity index (χ1) is 14.3. The van der Waals surface area contributed by atoms with Gasteiger partial charge in [-0.15, -0.1) is 11.3 Å². The average molecular weight is 402 g/mol. The molecule has 2 aromatic heterocycles. The molecule has 0 bridgehead atoms. The monoisotopic (exact) mass is 402 g/mol. The van der Waals surface area contributed by atoms with Crippen LogP contribution in [0.25, 0.3) is 10.9 Å². The van der Waals surface area contributed by atoms with Crippen molar-refractivity contribution in [1.29, 1.82) is 0 Å². The van der Waals surface area contributed by atoms with Crippen molar-refractivity contribution in [3.05, 3.63) is 81.7 Å². The van der Waals surface area contributed by atoms with Gasteiger partial charge in [0.2, 0.25) is 6.79 Å². The molecule has 0 spiro atoms. The second-order valence-electron chi connectivity index (χ2n) is 7.30. The largest absolute Gasteiger partial charge is 0.454 e. The predicted octanol–water partition coefficient (Wildman–Crippen LogP) is 4.75. The van der Waals surface area contributed by atoms with Crippen molar-refractivity contribution >= 4 is 28.1 Å². The molecule has 0 radical (unpaired) electrons. The maximum Gasteiger partial charge on any atom is 0.264 e. The first-order valence-electron chi connectivity index (χ1n) is 9.63. The molecule has 1 atom stereocenters. The van der Waals surface area contributed by atoms with E-state index in [0.717, 1.165) is 39.6 Å². The van der Waals surface area contributed by atoms with Crippen LogP contribution in [0.4, 0.5) is 0 Å². The lowest BCUT2D eigenvalue weighted by molar-refractivity contribution is 0.0697. The highest BCUT2D eigenvalue weighted by molar-refractivity contribution is 7.12. The molecule has 6 rings (SSSR count). The quantitative estimate of drug-likeness (QED) is 0.527. The van der Waals surface area contributed by atoms with Crippen LogP contribution in [0.15, 0.2) is 60.0 Å². The maximum absolute atomic E-state index is 13.4. The molecule has 0 saturated heterocycles. The maximum atomic E-state index is 13.4. The summed E-state index contributed by atoms with van der Waals surface area (Å²) in [6.07, 6.45) is 0.831. The van der Waals surface area contributed by atoms with Gasteiger partial charge in [0.05, 0.1) is 10.9 Å². The van der Waals surface area contributed by atoms with Crippen LogP contribution >= 0.6 is 11.3 Å². The first kappa shape index (κ1) is 16.7. The summed E-state index contributed by atoms with van der Waals surface area (Å²) < 4.78 is 11.1. The fourth-order valence-corrected chi connectivity index (χ4v) is 5.11. The van der Waals surface area contributed by atoms with Gasteiger partial charge in [0.1, 0.15) is 0 Å². The molecule has 1 unspecified atom stereocenters. The number of carbonyl (C=O) groups is 1. The first-order valence-corrected chi connectivity index (χ1v) is 10.5. The SMILES string of the molecule is O=C(c1cccs1)N1CCc2c([nH]c3ccccc23)C1c1ccc2c(c1)OCO2. The third-order valence-corrected chi connectivity index (χ3v) is 6.60. The van der Waals surface area contributed by atoms with Gasteiger partial charge >= 0.3 is 0 Å². The molecule has 6 heteroatoms. The Morgan fingerprint density at radius 3 is 2.86 bits per heavy atom. The Hall–Kier alpha value is -3.25. The molecule has 144 valence electrons. The van der Waals surface area contributed by atoms with Gasteiger partial charge in [-0.2, -0.15) is 0 Å². The van der Waals surface area contributed by atoms with Crippen LogP contribution in [0, 0.1) is 0 Å². The Balaban J connectivity index is 1.53. The van der Waals surface area contributed by atoms with Gasteiger partial charge < -0.3 is 19.4 Å². The van der Waals surface area contributed by atoms with E-state index in [1.807, 2.05) is 46.7 Å². The van der Waals surface area contributed by atoms with Gasteiger partial charge in [-0.1, -0.05) is 30.3 Å². The molecule has 4 heterocycles. The molecule has 29 heavy (non-hydrogen) atoms. The summed E-state index contributed by atoms with van der Waals surface area (Å²) >= 11 is 1.48. The van der Waals surface area contributed by atoms with Crippen LogP contribution in [-0.4, -0.2) is 29.1 Å². The van der Waals surface area contributed by atoms with E-state index >= 15 is 0 Å². The summed E-state index contributed by atoms with van der Waals surface area (Å²) in [6.45, 7) is 0.906. The fraction of sp³-hybridized carbons (Fsp3) is 0.174. The number of H-pyrrole nitrogens is 1. The molecular formula is C23H18N2O3S. The van der Waals surface area contributed by atoms with E-state index in [9.17, 15) is 4.79 Å². The number of nitrogens with one attached hydrogen (secondary N) is 1. The number of aromatic amines is 1. The number of ether oxygens (including phenoxy) is 2. The van der Waals surface area contributed by atoms with Crippen LogP contribution in [0.1, 0.15) is 32.5 Å². The summed E-state index contributed by atoms with van der Waals surface area (Å²) in [5.74, 6) is 1.54. The van der Waals surface area contributed by atoms with Crippen molar-refractivity contribution in [3.63, 3.8) is 0 Å². The number of nitrogens with zero attached hydrogens (tertiary/aromatic N) is 1. The van der Waals surface area contributed by atoms with Crippen molar-refractivity contribution in [2.24, 2.45) is 0 Å². The molecule has 0 saturated carbocycles. The molecule has 5 nitrogen and oxygen atoms in total. The van der Waals surface area contributed by atoms with E-state index in [0.29, 0.717) is 6.54 Å². The molecule has 0 aliphatic carbocycles. The number of amides is 1. The van der Waals surface area contributed by atoms with Crippen LogP contribution in [0.3, 0.4) is 0 Å². The molecule has 1 N–H and O–H groups in total. The second kappa shape index (κ2) is 6.39. The normalized spacial score (nSPS) is 17.5. The van der Waals surface area contributed by atoms with Gasteiger partial charge in [-0.05, 0) is 47.2 Å². The fourth-order valence-electron chi connectivity index (χ4n) is 4.43. The number of hydrogen-bond donors (Lipinski definition) is 1. The number of fused-ring (bicyclic) bond motifs is 4. The van der Waals surface area contributed by atoms with Crippen molar-refractivity contribution in [3.8, 4) is 11.5 Å². The summed E-state index contributed by atoms with van der Waals surface area (Å²) in [7, 11) is 0. The number of carbonyl (C=O) groups excluding carboxylic acids is 1. The Morgan fingerprint density at radius 1 is 1.07 bits per heavy atom. The number of hydrogen-bond acceptors (Lipinski definition) is 4. The second-order valence-corrected chi connectivity index (χ2v) is 8.25. The van der Waals surface area contributed by atoms with Gasteiger partial charge in [0.25, 0.3) is 5.91 Å². The summed E-state index contributed by atoms with van der Waals surface area (Å²) in [5.41, 5.74) is 4.50. The predicted molar refractivity (Wildman–Crippen MR) is 112 cm³/mol. The topological polar surface area (TPSA) is 54.6 Å². The highest BCUT2D eigenvalue weighted by Crippen LogP contribution is 2.42. The lowest BCUT2D eigenvalue weighted by atomic mass is 9.92. The molecule has 2 aliphatic heterocycles. The molecule has 2 aromatic carbocycles. The zero-order chi connectivity index (χ0) is 19.4. The van der Waals surface area contributed by atoms with Crippen LogP contribution < -0.4 is 9.47 Å². The number of rotatable bonds is 2. The van der Waals surface area contributed by atoms with Crippen LogP contribution in [0.5, 0.6) is 11.5 Å². The van der Waals surface area contributed by atoms with E-state index < -0.39 is 0 Å². The van der Waals surface area contributed by atoms with Gasteiger partial charge in [-0.3, -0.25) is 4.79 Å².